The lowest BCUT2D eigenvalue weighted by Gasteiger charge is -2.13. The topological polar surface area (TPSA) is 0 Å². The molecule has 12 heavy (non-hydrogen) atoms. The van der Waals surface area contributed by atoms with Crippen molar-refractivity contribution in [2.45, 2.75) is 47.0 Å². The van der Waals surface area contributed by atoms with Crippen LogP contribution >= 0.6 is 0 Å². The molecule has 3 atom stereocenters. The Morgan fingerprint density at radius 3 is 2.42 bits per heavy atom. The van der Waals surface area contributed by atoms with Gasteiger partial charge >= 0.3 is 0 Å². The van der Waals surface area contributed by atoms with Crippen LogP contribution in [0.2, 0.25) is 0 Å². The monoisotopic (exact) mass is 166 g/mol. The molecule has 0 N–H and O–H groups in total. The van der Waals surface area contributed by atoms with E-state index >= 15 is 0 Å². The van der Waals surface area contributed by atoms with Crippen molar-refractivity contribution in [3.63, 3.8) is 0 Å². The largest absolute Gasteiger partial charge is 0.0993 e. The number of hydrogen-bond acceptors (Lipinski definition) is 0. The van der Waals surface area contributed by atoms with Crippen LogP contribution in [0.1, 0.15) is 47.0 Å². The second-order valence-electron chi connectivity index (χ2n) is 4.42. The standard InChI is InChI=1S/C12H22/c1-6-8-11-10(4)12(11,5)9(3)7-2/h10-11H,3,6-8H2,1-2,4-5H3. The van der Waals surface area contributed by atoms with Crippen molar-refractivity contribution in [2.75, 3.05) is 0 Å². The molecule has 0 bridgehead atoms. The zero-order chi connectivity index (χ0) is 9.35. The van der Waals surface area contributed by atoms with Crippen molar-refractivity contribution in [2.24, 2.45) is 17.3 Å². The highest BCUT2D eigenvalue weighted by Gasteiger charge is 2.57. The summed E-state index contributed by atoms with van der Waals surface area (Å²) in [5.74, 6) is 1.81. The molecule has 0 spiro atoms. The zero-order valence-electron chi connectivity index (χ0n) is 8.98. The van der Waals surface area contributed by atoms with Gasteiger partial charge in [-0.05, 0) is 30.1 Å². The van der Waals surface area contributed by atoms with Gasteiger partial charge < -0.3 is 0 Å². The van der Waals surface area contributed by atoms with Crippen molar-refractivity contribution in [1.82, 2.24) is 0 Å². The van der Waals surface area contributed by atoms with Gasteiger partial charge in [-0.1, -0.05) is 46.3 Å². The third-order valence-corrected chi connectivity index (χ3v) is 4.00. The molecule has 0 aromatic carbocycles. The molecular formula is C12H22. The van der Waals surface area contributed by atoms with Crippen LogP contribution in [0, 0.1) is 17.3 Å². The van der Waals surface area contributed by atoms with Crippen LogP contribution in [0.15, 0.2) is 12.2 Å². The molecule has 0 aliphatic heterocycles. The lowest BCUT2D eigenvalue weighted by atomic mass is 9.92. The van der Waals surface area contributed by atoms with Gasteiger partial charge in [-0.25, -0.2) is 0 Å². The molecule has 70 valence electrons. The summed E-state index contributed by atoms with van der Waals surface area (Å²) in [6.07, 6.45) is 3.86. The maximum atomic E-state index is 4.19. The second-order valence-corrected chi connectivity index (χ2v) is 4.42. The first kappa shape index (κ1) is 9.83. The predicted molar refractivity (Wildman–Crippen MR) is 55.1 cm³/mol. The normalized spacial score (nSPS) is 39.7. The Labute approximate surface area is 77.1 Å². The summed E-state index contributed by atoms with van der Waals surface area (Å²) < 4.78 is 0. The zero-order valence-corrected chi connectivity index (χ0v) is 8.98. The van der Waals surface area contributed by atoms with Gasteiger partial charge in [-0.3, -0.25) is 0 Å². The summed E-state index contributed by atoms with van der Waals surface area (Å²) in [6, 6.07) is 0. The maximum Gasteiger partial charge on any atom is -0.00595 e. The molecule has 0 radical (unpaired) electrons. The Hall–Kier alpha value is -0.260. The number of hydrogen-bond donors (Lipinski definition) is 0. The van der Waals surface area contributed by atoms with Crippen LogP contribution in [-0.4, -0.2) is 0 Å². The Balaban J connectivity index is 2.58. The van der Waals surface area contributed by atoms with Crippen molar-refractivity contribution < 1.29 is 0 Å². The van der Waals surface area contributed by atoms with E-state index in [0.717, 1.165) is 18.3 Å². The van der Waals surface area contributed by atoms with Gasteiger partial charge in [0.15, 0.2) is 0 Å². The highest BCUT2D eigenvalue weighted by atomic mass is 14.6. The molecule has 1 aliphatic rings. The van der Waals surface area contributed by atoms with E-state index in [4.69, 9.17) is 0 Å². The lowest BCUT2D eigenvalue weighted by molar-refractivity contribution is 0.537. The molecule has 1 aliphatic carbocycles. The van der Waals surface area contributed by atoms with Crippen LogP contribution < -0.4 is 0 Å². The van der Waals surface area contributed by atoms with Gasteiger partial charge in [0.2, 0.25) is 0 Å². The SMILES string of the molecule is C=C(CC)C1(C)C(C)C1CCC. The summed E-state index contributed by atoms with van der Waals surface area (Å²) in [5, 5.41) is 0. The highest BCUT2D eigenvalue weighted by Crippen LogP contribution is 2.64. The fraction of sp³-hybridized carbons (Fsp3) is 0.833. The maximum absolute atomic E-state index is 4.19. The first-order valence-corrected chi connectivity index (χ1v) is 5.27. The molecular weight excluding hydrogens is 144 g/mol. The van der Waals surface area contributed by atoms with Gasteiger partial charge in [0.05, 0.1) is 0 Å². The number of rotatable bonds is 4. The Bertz CT molecular complexity index is 180. The van der Waals surface area contributed by atoms with Crippen molar-refractivity contribution in [3.05, 3.63) is 12.2 Å². The minimum Gasteiger partial charge on any atom is -0.0993 e. The van der Waals surface area contributed by atoms with Gasteiger partial charge in [-0.2, -0.15) is 0 Å². The average molecular weight is 166 g/mol. The average Bonchev–Trinajstić information content (AvgIpc) is 2.58. The van der Waals surface area contributed by atoms with E-state index in [1.54, 1.807) is 0 Å². The third-order valence-electron chi connectivity index (χ3n) is 4.00. The Morgan fingerprint density at radius 1 is 1.42 bits per heavy atom. The van der Waals surface area contributed by atoms with E-state index in [1.807, 2.05) is 0 Å². The third kappa shape index (κ3) is 1.22. The van der Waals surface area contributed by atoms with Crippen LogP contribution in [0.25, 0.3) is 0 Å². The Kier molecular flexibility index (Phi) is 2.65. The van der Waals surface area contributed by atoms with Crippen LogP contribution in [0.3, 0.4) is 0 Å². The molecule has 0 saturated heterocycles. The molecule has 0 heteroatoms. The molecule has 0 amide bonds. The molecule has 0 aromatic rings. The van der Waals surface area contributed by atoms with Gasteiger partial charge in [-0.15, -0.1) is 0 Å². The molecule has 0 heterocycles. The van der Waals surface area contributed by atoms with Gasteiger partial charge in [0, 0.05) is 0 Å². The summed E-state index contributed by atoms with van der Waals surface area (Å²) in [5.41, 5.74) is 1.96. The number of allylic oxidation sites excluding steroid dienone is 1. The van der Waals surface area contributed by atoms with E-state index < -0.39 is 0 Å². The van der Waals surface area contributed by atoms with Crippen molar-refractivity contribution in [3.8, 4) is 0 Å². The van der Waals surface area contributed by atoms with E-state index in [1.165, 1.54) is 18.4 Å². The second kappa shape index (κ2) is 3.24. The first-order valence-electron chi connectivity index (χ1n) is 5.27. The molecule has 1 fully saturated rings. The fourth-order valence-corrected chi connectivity index (χ4v) is 2.66. The Morgan fingerprint density at radius 2 is 2.00 bits per heavy atom. The summed E-state index contributed by atoms with van der Waals surface area (Å²) >= 11 is 0. The molecule has 0 aromatic heterocycles. The first-order chi connectivity index (χ1) is 5.58. The van der Waals surface area contributed by atoms with Crippen LogP contribution in [0.5, 0.6) is 0 Å². The summed E-state index contributed by atoms with van der Waals surface area (Å²) in [4.78, 5) is 0. The summed E-state index contributed by atoms with van der Waals surface area (Å²) in [6.45, 7) is 13.5. The van der Waals surface area contributed by atoms with Crippen molar-refractivity contribution in [1.29, 1.82) is 0 Å². The lowest BCUT2D eigenvalue weighted by Crippen LogP contribution is -2.02. The van der Waals surface area contributed by atoms with E-state index in [9.17, 15) is 0 Å². The molecule has 1 rings (SSSR count). The molecule has 1 saturated carbocycles. The minimum atomic E-state index is 0.491. The highest BCUT2D eigenvalue weighted by molar-refractivity contribution is 5.23. The predicted octanol–water partition coefficient (Wildman–Crippen LogP) is 4.02. The van der Waals surface area contributed by atoms with Gasteiger partial charge in [0.25, 0.3) is 0 Å². The van der Waals surface area contributed by atoms with Crippen LogP contribution in [0.4, 0.5) is 0 Å². The van der Waals surface area contributed by atoms with Crippen LogP contribution in [-0.2, 0) is 0 Å². The van der Waals surface area contributed by atoms with E-state index in [-0.39, 0.29) is 0 Å². The smallest absolute Gasteiger partial charge is 0.00595 e. The minimum absolute atomic E-state index is 0.491. The molecule has 3 unspecified atom stereocenters. The van der Waals surface area contributed by atoms with E-state index in [2.05, 4.69) is 34.3 Å². The van der Waals surface area contributed by atoms with E-state index in [0.29, 0.717) is 5.41 Å². The summed E-state index contributed by atoms with van der Waals surface area (Å²) in [7, 11) is 0. The fourth-order valence-electron chi connectivity index (χ4n) is 2.66. The van der Waals surface area contributed by atoms with Gasteiger partial charge in [0.1, 0.15) is 0 Å². The van der Waals surface area contributed by atoms with Crippen molar-refractivity contribution >= 4 is 0 Å². The quantitative estimate of drug-likeness (QED) is 0.553. The molecule has 0 nitrogen and oxygen atoms in total.